The van der Waals surface area contributed by atoms with Crippen molar-refractivity contribution in [2.45, 2.75) is 25.2 Å². The van der Waals surface area contributed by atoms with Crippen LogP contribution in [0.3, 0.4) is 0 Å². The molecule has 0 atom stereocenters. The highest BCUT2D eigenvalue weighted by Gasteiger charge is 2.25. The lowest BCUT2D eigenvalue weighted by atomic mass is 9.85. The van der Waals surface area contributed by atoms with Crippen LogP contribution >= 0.6 is 0 Å². The van der Waals surface area contributed by atoms with Crippen LogP contribution < -0.4 is 4.90 Å². The van der Waals surface area contributed by atoms with E-state index in [0.717, 1.165) is 43.1 Å². The SMILES string of the molecule is O=C(/C=C/c1ccco1)N1CCN(c2ccc(-c3noc(C4CCC4)n3)cc2)CC1. The van der Waals surface area contributed by atoms with Crippen molar-refractivity contribution in [1.29, 1.82) is 0 Å². The molecular formula is C23H24N4O3. The molecule has 3 aromatic rings. The molecule has 1 aliphatic heterocycles. The van der Waals surface area contributed by atoms with E-state index >= 15 is 0 Å². The quantitative estimate of drug-likeness (QED) is 0.599. The Bertz CT molecular complexity index is 1010. The molecule has 7 heteroatoms. The summed E-state index contributed by atoms with van der Waals surface area (Å²) in [5, 5.41) is 4.14. The van der Waals surface area contributed by atoms with Crippen molar-refractivity contribution < 1.29 is 13.7 Å². The van der Waals surface area contributed by atoms with Crippen molar-refractivity contribution in [2.75, 3.05) is 31.1 Å². The Hall–Kier alpha value is -3.35. The number of nitrogens with zero attached hydrogens (tertiary/aromatic N) is 4. The monoisotopic (exact) mass is 404 g/mol. The number of carbonyl (C=O) groups is 1. The number of piperazine rings is 1. The van der Waals surface area contributed by atoms with E-state index < -0.39 is 0 Å². The van der Waals surface area contributed by atoms with E-state index in [1.165, 1.54) is 6.42 Å². The highest BCUT2D eigenvalue weighted by atomic mass is 16.5. The van der Waals surface area contributed by atoms with Crippen LogP contribution in [0.2, 0.25) is 0 Å². The number of carbonyl (C=O) groups excluding carboxylic acids is 1. The summed E-state index contributed by atoms with van der Waals surface area (Å²) in [5.74, 6) is 2.56. The summed E-state index contributed by atoms with van der Waals surface area (Å²) in [5.41, 5.74) is 2.10. The van der Waals surface area contributed by atoms with Crippen molar-refractivity contribution in [2.24, 2.45) is 0 Å². The third kappa shape index (κ3) is 3.87. The molecule has 1 aliphatic carbocycles. The maximum Gasteiger partial charge on any atom is 0.246 e. The topological polar surface area (TPSA) is 75.6 Å². The minimum atomic E-state index is 0.0146. The molecule has 2 aliphatic rings. The largest absolute Gasteiger partial charge is 0.465 e. The molecule has 7 nitrogen and oxygen atoms in total. The Kier molecular flexibility index (Phi) is 5.09. The van der Waals surface area contributed by atoms with Gasteiger partial charge in [0.2, 0.25) is 17.6 Å². The zero-order chi connectivity index (χ0) is 20.3. The molecule has 2 fully saturated rings. The second kappa shape index (κ2) is 8.18. The number of hydrogen-bond acceptors (Lipinski definition) is 6. The van der Waals surface area contributed by atoms with Crippen LogP contribution in [0.25, 0.3) is 17.5 Å². The Morgan fingerprint density at radius 2 is 1.87 bits per heavy atom. The van der Waals surface area contributed by atoms with E-state index in [4.69, 9.17) is 8.94 Å². The zero-order valence-electron chi connectivity index (χ0n) is 16.7. The third-order valence-corrected chi connectivity index (χ3v) is 5.91. The van der Waals surface area contributed by atoms with Gasteiger partial charge in [-0.3, -0.25) is 4.79 Å². The molecule has 30 heavy (non-hydrogen) atoms. The Morgan fingerprint density at radius 3 is 2.53 bits per heavy atom. The van der Waals surface area contributed by atoms with E-state index in [1.807, 2.05) is 23.1 Å². The second-order valence-electron chi connectivity index (χ2n) is 7.79. The number of hydrogen-bond donors (Lipinski definition) is 0. The number of aromatic nitrogens is 2. The second-order valence-corrected chi connectivity index (χ2v) is 7.79. The summed E-state index contributed by atoms with van der Waals surface area (Å²) < 4.78 is 10.7. The summed E-state index contributed by atoms with van der Waals surface area (Å²) in [6.07, 6.45) is 8.42. The first-order chi connectivity index (χ1) is 14.8. The van der Waals surface area contributed by atoms with E-state index in [9.17, 15) is 4.79 Å². The van der Waals surface area contributed by atoms with Crippen LogP contribution in [0.5, 0.6) is 0 Å². The molecule has 0 spiro atoms. The van der Waals surface area contributed by atoms with Crippen LogP contribution in [0.15, 0.2) is 57.7 Å². The highest BCUT2D eigenvalue weighted by molar-refractivity contribution is 5.91. The molecule has 2 aromatic heterocycles. The lowest BCUT2D eigenvalue weighted by Gasteiger charge is -2.35. The third-order valence-electron chi connectivity index (χ3n) is 5.91. The van der Waals surface area contributed by atoms with Gasteiger partial charge < -0.3 is 18.7 Å². The number of amides is 1. The highest BCUT2D eigenvalue weighted by Crippen LogP contribution is 2.36. The lowest BCUT2D eigenvalue weighted by molar-refractivity contribution is -0.126. The van der Waals surface area contributed by atoms with Crippen molar-refractivity contribution in [3.8, 4) is 11.4 Å². The normalized spacial score (nSPS) is 17.5. The van der Waals surface area contributed by atoms with Crippen LogP contribution in [-0.2, 0) is 4.79 Å². The van der Waals surface area contributed by atoms with Gasteiger partial charge in [-0.05, 0) is 55.3 Å². The number of furan rings is 1. The smallest absolute Gasteiger partial charge is 0.246 e. The first kappa shape index (κ1) is 18.7. The van der Waals surface area contributed by atoms with Gasteiger partial charge in [-0.25, -0.2) is 0 Å². The fourth-order valence-electron chi connectivity index (χ4n) is 3.82. The molecular weight excluding hydrogens is 380 g/mol. The van der Waals surface area contributed by atoms with Crippen molar-refractivity contribution in [1.82, 2.24) is 15.0 Å². The van der Waals surface area contributed by atoms with Crippen molar-refractivity contribution >= 4 is 17.7 Å². The standard InChI is InChI=1S/C23H24N4O3/c28-21(11-10-20-5-2-16-29-20)27-14-12-26(13-15-27)19-8-6-17(7-9-19)22-24-23(30-25-22)18-3-1-4-18/h2,5-11,16,18H,1,3-4,12-15H2/b11-10+. The van der Waals surface area contributed by atoms with Crippen LogP contribution in [0.1, 0.15) is 36.8 Å². The van der Waals surface area contributed by atoms with Gasteiger partial charge in [0.15, 0.2) is 0 Å². The van der Waals surface area contributed by atoms with E-state index in [-0.39, 0.29) is 5.91 Å². The zero-order valence-corrected chi connectivity index (χ0v) is 16.7. The fourth-order valence-corrected chi connectivity index (χ4v) is 3.82. The maximum absolute atomic E-state index is 12.4. The van der Waals surface area contributed by atoms with Gasteiger partial charge in [0.25, 0.3) is 0 Å². The Morgan fingerprint density at radius 1 is 1.07 bits per heavy atom. The number of benzene rings is 1. The number of rotatable bonds is 5. The molecule has 1 aromatic carbocycles. The molecule has 0 unspecified atom stereocenters. The molecule has 0 N–H and O–H groups in total. The molecule has 3 heterocycles. The van der Waals surface area contributed by atoms with Gasteiger partial charge in [-0.2, -0.15) is 4.98 Å². The van der Waals surface area contributed by atoms with Gasteiger partial charge in [0, 0.05) is 49.4 Å². The lowest BCUT2D eigenvalue weighted by Crippen LogP contribution is -2.48. The van der Waals surface area contributed by atoms with Gasteiger partial charge >= 0.3 is 0 Å². The molecule has 0 radical (unpaired) electrons. The summed E-state index contributed by atoms with van der Waals surface area (Å²) in [6, 6.07) is 11.9. The summed E-state index contributed by atoms with van der Waals surface area (Å²) >= 11 is 0. The van der Waals surface area contributed by atoms with Crippen LogP contribution in [-0.4, -0.2) is 47.1 Å². The summed E-state index contributed by atoms with van der Waals surface area (Å²) in [6.45, 7) is 2.98. The average molecular weight is 404 g/mol. The molecule has 5 rings (SSSR count). The molecule has 1 saturated heterocycles. The van der Waals surface area contributed by atoms with Crippen LogP contribution in [0, 0.1) is 0 Å². The Labute approximate surface area is 175 Å². The first-order valence-corrected chi connectivity index (χ1v) is 10.5. The van der Waals surface area contributed by atoms with Gasteiger partial charge in [0.1, 0.15) is 5.76 Å². The first-order valence-electron chi connectivity index (χ1n) is 10.5. The van der Waals surface area contributed by atoms with Crippen molar-refractivity contribution in [3.63, 3.8) is 0 Å². The summed E-state index contributed by atoms with van der Waals surface area (Å²) in [4.78, 5) is 21.1. The molecule has 1 saturated carbocycles. The van der Waals surface area contributed by atoms with E-state index in [0.29, 0.717) is 30.6 Å². The van der Waals surface area contributed by atoms with Crippen LogP contribution in [0.4, 0.5) is 5.69 Å². The van der Waals surface area contributed by atoms with E-state index in [1.54, 1.807) is 24.5 Å². The van der Waals surface area contributed by atoms with Gasteiger partial charge in [-0.15, -0.1) is 0 Å². The maximum atomic E-state index is 12.4. The molecule has 154 valence electrons. The predicted molar refractivity (Wildman–Crippen MR) is 113 cm³/mol. The van der Waals surface area contributed by atoms with Gasteiger partial charge in [-0.1, -0.05) is 11.6 Å². The van der Waals surface area contributed by atoms with E-state index in [2.05, 4.69) is 27.2 Å². The fraction of sp³-hybridized carbons (Fsp3) is 0.348. The Balaban J connectivity index is 1.17. The molecule has 1 amide bonds. The predicted octanol–water partition coefficient (Wildman–Crippen LogP) is 3.96. The van der Waals surface area contributed by atoms with Crippen molar-refractivity contribution in [3.05, 3.63) is 60.4 Å². The summed E-state index contributed by atoms with van der Waals surface area (Å²) in [7, 11) is 0. The molecule has 0 bridgehead atoms. The minimum absolute atomic E-state index is 0.0146. The minimum Gasteiger partial charge on any atom is -0.465 e. The van der Waals surface area contributed by atoms with Gasteiger partial charge in [0.05, 0.1) is 6.26 Å². The average Bonchev–Trinajstić information content (AvgIpc) is 3.44. The number of anilines is 1.